The van der Waals surface area contributed by atoms with Crippen molar-refractivity contribution in [2.45, 2.75) is 51.0 Å². The van der Waals surface area contributed by atoms with Crippen LogP contribution in [0.3, 0.4) is 0 Å². The number of tetrazole rings is 1. The van der Waals surface area contributed by atoms with E-state index in [1.54, 1.807) is 18.2 Å². The summed E-state index contributed by atoms with van der Waals surface area (Å²) in [7, 11) is 0. The highest BCUT2D eigenvalue weighted by Gasteiger charge is 2.44. The third-order valence-corrected chi connectivity index (χ3v) is 6.28. The second-order valence-electron chi connectivity index (χ2n) is 8.67. The highest BCUT2D eigenvalue weighted by atomic mass is 16.5. The van der Waals surface area contributed by atoms with Crippen LogP contribution in [0.2, 0.25) is 0 Å². The largest absolute Gasteiger partial charge is 0.459 e. The fourth-order valence-electron chi connectivity index (χ4n) is 4.48. The standard InChI is InChI=1S/C24H25N5O3/c1-14-5-4-6-15(11-14)19-13-21(19)23(30)25-16-9-10-18(20(12-16)22-26-28-29-27-22)24(31)32-17-7-2-3-8-17/h4-6,9-12,17,19,21H,2-3,7-8,13H2,1H3,(H,25,30)(H,26,27,28,29)/t19-,21+/m0/s1. The molecule has 2 aromatic carbocycles. The number of nitrogens with zero attached hydrogens (tertiary/aromatic N) is 3. The Labute approximate surface area is 185 Å². The number of rotatable bonds is 6. The molecule has 1 aromatic heterocycles. The normalized spacial score (nSPS) is 20.2. The molecule has 2 N–H and O–H groups in total. The first-order chi connectivity index (χ1) is 15.6. The van der Waals surface area contributed by atoms with Crippen molar-refractivity contribution in [2.24, 2.45) is 5.92 Å². The van der Waals surface area contributed by atoms with E-state index < -0.39 is 5.97 Å². The van der Waals surface area contributed by atoms with Crippen LogP contribution in [-0.2, 0) is 9.53 Å². The lowest BCUT2D eigenvalue weighted by molar-refractivity contribution is -0.117. The van der Waals surface area contributed by atoms with Crippen molar-refractivity contribution in [2.75, 3.05) is 5.32 Å². The zero-order valence-electron chi connectivity index (χ0n) is 17.9. The maximum absolute atomic E-state index is 12.8. The Hall–Kier alpha value is -3.55. The molecule has 8 nitrogen and oxygen atoms in total. The minimum Gasteiger partial charge on any atom is -0.459 e. The van der Waals surface area contributed by atoms with Gasteiger partial charge in [-0.05, 0) is 79.1 Å². The Kier molecular flexibility index (Phi) is 5.43. The number of amides is 1. The molecular weight excluding hydrogens is 406 g/mol. The van der Waals surface area contributed by atoms with Crippen molar-refractivity contribution >= 4 is 17.6 Å². The van der Waals surface area contributed by atoms with Crippen LogP contribution in [0.1, 0.15) is 59.5 Å². The van der Waals surface area contributed by atoms with Gasteiger partial charge >= 0.3 is 5.97 Å². The van der Waals surface area contributed by atoms with E-state index in [0.717, 1.165) is 32.1 Å². The summed E-state index contributed by atoms with van der Waals surface area (Å²) in [5.74, 6) is 0.110. The van der Waals surface area contributed by atoms with E-state index in [1.807, 2.05) is 6.07 Å². The molecule has 164 valence electrons. The topological polar surface area (TPSA) is 110 Å². The maximum atomic E-state index is 12.8. The van der Waals surface area contributed by atoms with Crippen molar-refractivity contribution in [3.05, 3.63) is 59.2 Å². The summed E-state index contributed by atoms with van der Waals surface area (Å²) in [5, 5.41) is 16.9. The number of aromatic amines is 1. The zero-order chi connectivity index (χ0) is 22.1. The Morgan fingerprint density at radius 3 is 2.72 bits per heavy atom. The predicted molar refractivity (Wildman–Crippen MR) is 118 cm³/mol. The molecule has 8 heteroatoms. The lowest BCUT2D eigenvalue weighted by atomic mass is 10.0. The average molecular weight is 431 g/mol. The van der Waals surface area contributed by atoms with Gasteiger partial charge in [0.15, 0.2) is 5.82 Å². The SMILES string of the molecule is Cc1cccc([C@@H]2C[C@H]2C(=O)Nc2ccc(C(=O)OC3CCCC3)c(-c3nnn[nH]3)c2)c1. The fourth-order valence-corrected chi connectivity index (χ4v) is 4.48. The number of aromatic nitrogens is 4. The third kappa shape index (κ3) is 4.26. The Bertz CT molecular complexity index is 1140. The molecule has 3 aromatic rings. The first-order valence-electron chi connectivity index (χ1n) is 11.0. The van der Waals surface area contributed by atoms with Gasteiger partial charge in [0.2, 0.25) is 5.91 Å². The van der Waals surface area contributed by atoms with E-state index in [9.17, 15) is 9.59 Å². The van der Waals surface area contributed by atoms with Gasteiger partial charge in [-0.25, -0.2) is 9.89 Å². The molecule has 2 aliphatic carbocycles. The van der Waals surface area contributed by atoms with Crippen molar-refractivity contribution in [1.82, 2.24) is 20.6 Å². The van der Waals surface area contributed by atoms with Gasteiger partial charge in [-0.3, -0.25) is 4.79 Å². The molecule has 0 bridgehead atoms. The van der Waals surface area contributed by atoms with Gasteiger partial charge in [-0.2, -0.15) is 0 Å². The van der Waals surface area contributed by atoms with Crippen LogP contribution in [0.5, 0.6) is 0 Å². The number of H-pyrrole nitrogens is 1. The van der Waals surface area contributed by atoms with Crippen LogP contribution in [-0.4, -0.2) is 38.6 Å². The van der Waals surface area contributed by atoms with Gasteiger partial charge in [0.25, 0.3) is 0 Å². The number of hydrogen-bond acceptors (Lipinski definition) is 6. The molecule has 1 heterocycles. The molecule has 2 saturated carbocycles. The average Bonchev–Trinajstić information content (AvgIpc) is 3.14. The molecule has 2 atom stereocenters. The summed E-state index contributed by atoms with van der Waals surface area (Å²) in [6, 6.07) is 13.4. The Morgan fingerprint density at radius 2 is 1.97 bits per heavy atom. The molecule has 0 radical (unpaired) electrons. The molecule has 0 saturated heterocycles. The van der Waals surface area contributed by atoms with Crippen molar-refractivity contribution in [3.63, 3.8) is 0 Å². The van der Waals surface area contributed by atoms with Gasteiger partial charge < -0.3 is 10.1 Å². The molecule has 1 amide bonds. The van der Waals surface area contributed by atoms with Crippen LogP contribution in [0.4, 0.5) is 5.69 Å². The molecule has 0 spiro atoms. The van der Waals surface area contributed by atoms with Crippen LogP contribution in [0, 0.1) is 12.8 Å². The first kappa shape index (κ1) is 20.4. The van der Waals surface area contributed by atoms with Gasteiger partial charge in [0.05, 0.1) is 5.56 Å². The fraction of sp³-hybridized carbons (Fsp3) is 0.375. The minimum atomic E-state index is -0.400. The summed E-state index contributed by atoms with van der Waals surface area (Å²) in [4.78, 5) is 25.6. The number of aryl methyl sites for hydroxylation is 1. The van der Waals surface area contributed by atoms with E-state index >= 15 is 0 Å². The quantitative estimate of drug-likeness (QED) is 0.571. The van der Waals surface area contributed by atoms with E-state index in [1.165, 1.54) is 11.1 Å². The third-order valence-electron chi connectivity index (χ3n) is 6.28. The molecule has 0 unspecified atom stereocenters. The van der Waals surface area contributed by atoms with Crippen molar-refractivity contribution < 1.29 is 14.3 Å². The number of nitrogens with one attached hydrogen (secondary N) is 2. The summed E-state index contributed by atoms with van der Waals surface area (Å²) in [6.45, 7) is 2.06. The molecule has 2 fully saturated rings. The summed E-state index contributed by atoms with van der Waals surface area (Å²) in [5.41, 5.74) is 3.86. The lowest BCUT2D eigenvalue weighted by Gasteiger charge is -2.14. The van der Waals surface area contributed by atoms with Crippen LogP contribution in [0.15, 0.2) is 42.5 Å². The summed E-state index contributed by atoms with van der Waals surface area (Å²) < 4.78 is 5.67. The van der Waals surface area contributed by atoms with E-state index in [2.05, 4.69) is 51.1 Å². The van der Waals surface area contributed by atoms with Gasteiger partial charge in [-0.1, -0.05) is 29.8 Å². The first-order valence-corrected chi connectivity index (χ1v) is 11.0. The van der Waals surface area contributed by atoms with E-state index in [4.69, 9.17) is 4.74 Å². The number of hydrogen-bond donors (Lipinski definition) is 2. The summed E-state index contributed by atoms with van der Waals surface area (Å²) >= 11 is 0. The zero-order valence-corrected chi connectivity index (χ0v) is 17.9. The molecule has 32 heavy (non-hydrogen) atoms. The van der Waals surface area contributed by atoms with Crippen LogP contribution < -0.4 is 5.32 Å². The smallest absolute Gasteiger partial charge is 0.339 e. The van der Waals surface area contributed by atoms with Crippen molar-refractivity contribution in [1.29, 1.82) is 0 Å². The number of benzene rings is 2. The maximum Gasteiger partial charge on any atom is 0.339 e. The second-order valence-corrected chi connectivity index (χ2v) is 8.67. The van der Waals surface area contributed by atoms with Gasteiger partial charge in [0.1, 0.15) is 6.10 Å². The molecule has 5 rings (SSSR count). The molecule has 2 aliphatic rings. The minimum absolute atomic E-state index is 0.0283. The number of carbonyl (C=O) groups excluding carboxylic acids is 2. The van der Waals surface area contributed by atoms with Crippen LogP contribution in [0.25, 0.3) is 11.4 Å². The number of anilines is 1. The molecule has 0 aliphatic heterocycles. The molecular formula is C24H25N5O3. The Balaban J connectivity index is 1.33. The number of esters is 1. The number of ether oxygens (including phenoxy) is 1. The monoisotopic (exact) mass is 431 g/mol. The summed E-state index contributed by atoms with van der Waals surface area (Å²) in [6.07, 6.45) is 4.72. The predicted octanol–water partition coefficient (Wildman–Crippen LogP) is 4.02. The highest BCUT2D eigenvalue weighted by molar-refractivity contribution is 6.00. The Morgan fingerprint density at radius 1 is 1.12 bits per heavy atom. The number of carbonyl (C=O) groups is 2. The van der Waals surface area contributed by atoms with Crippen LogP contribution >= 0.6 is 0 Å². The van der Waals surface area contributed by atoms with E-state index in [-0.39, 0.29) is 23.8 Å². The second kappa shape index (κ2) is 8.53. The van der Waals surface area contributed by atoms with Crippen molar-refractivity contribution in [3.8, 4) is 11.4 Å². The van der Waals surface area contributed by atoms with E-state index in [0.29, 0.717) is 22.6 Å². The lowest BCUT2D eigenvalue weighted by Crippen LogP contribution is -2.17. The van der Waals surface area contributed by atoms with Gasteiger partial charge in [0, 0.05) is 17.2 Å². The highest BCUT2D eigenvalue weighted by Crippen LogP contribution is 2.48. The van der Waals surface area contributed by atoms with Gasteiger partial charge in [-0.15, -0.1) is 5.10 Å².